The summed E-state index contributed by atoms with van der Waals surface area (Å²) in [6.07, 6.45) is 0.391. The maximum absolute atomic E-state index is 12.1. The lowest BCUT2D eigenvalue weighted by molar-refractivity contribution is 0.199. The van der Waals surface area contributed by atoms with Gasteiger partial charge in [0.15, 0.2) is 0 Å². The van der Waals surface area contributed by atoms with Crippen LogP contribution in [0.25, 0.3) is 0 Å². The first-order valence-corrected chi connectivity index (χ1v) is 6.95. The Hall–Kier alpha value is 0.110. The second-order valence-electron chi connectivity index (χ2n) is 2.89. The largest absolute Gasteiger partial charge is 0.344 e. The molecule has 0 unspecified atom stereocenters. The summed E-state index contributed by atoms with van der Waals surface area (Å²) >= 11 is 0. The minimum Gasteiger partial charge on any atom is -0.308 e. The zero-order chi connectivity index (χ0) is 11.0. The monoisotopic (exact) mass is 223 g/mol. The fourth-order valence-corrected chi connectivity index (χ4v) is 3.10. The highest BCUT2D eigenvalue weighted by Gasteiger charge is 2.25. The average Bonchev–Trinajstić information content (AvgIpc) is 2.15. The standard InChI is InChI=1S/C9H22NO3P/c1-5-10(6-2)9-14(11,12-7-3)13-8-4/h5-9H2,1-4H3. The molecule has 86 valence electrons. The first-order chi connectivity index (χ1) is 6.61. The van der Waals surface area contributed by atoms with Crippen molar-refractivity contribution < 1.29 is 13.6 Å². The van der Waals surface area contributed by atoms with Crippen molar-refractivity contribution in [1.29, 1.82) is 0 Å². The van der Waals surface area contributed by atoms with Gasteiger partial charge in [0.05, 0.1) is 13.2 Å². The van der Waals surface area contributed by atoms with Gasteiger partial charge < -0.3 is 9.05 Å². The molecular weight excluding hydrogens is 201 g/mol. The SMILES string of the molecule is CCOP(=O)(CN(CC)CC)OCC. The third-order valence-electron chi connectivity index (χ3n) is 1.92. The van der Waals surface area contributed by atoms with Crippen LogP contribution in [0.3, 0.4) is 0 Å². The van der Waals surface area contributed by atoms with Gasteiger partial charge in [0.1, 0.15) is 6.29 Å². The molecule has 0 heterocycles. The summed E-state index contributed by atoms with van der Waals surface area (Å²) in [5, 5.41) is 0. The van der Waals surface area contributed by atoms with Gasteiger partial charge in [-0.25, -0.2) is 0 Å². The summed E-state index contributed by atoms with van der Waals surface area (Å²) in [6.45, 7) is 10.3. The second-order valence-corrected chi connectivity index (χ2v) is 4.91. The van der Waals surface area contributed by atoms with Crippen LogP contribution >= 0.6 is 7.60 Å². The molecule has 0 fully saturated rings. The van der Waals surface area contributed by atoms with Crippen LogP contribution in [-0.4, -0.2) is 37.5 Å². The van der Waals surface area contributed by atoms with Crippen molar-refractivity contribution in [2.45, 2.75) is 27.7 Å². The van der Waals surface area contributed by atoms with E-state index in [0.29, 0.717) is 19.5 Å². The highest BCUT2D eigenvalue weighted by Crippen LogP contribution is 2.48. The molecule has 0 rings (SSSR count). The van der Waals surface area contributed by atoms with Crippen LogP contribution in [0.1, 0.15) is 27.7 Å². The quantitative estimate of drug-likeness (QED) is 0.593. The Kier molecular flexibility index (Phi) is 7.47. The van der Waals surface area contributed by atoms with Crippen LogP contribution in [0.15, 0.2) is 0 Å². The molecular formula is C9H22NO3P. The molecule has 0 bridgehead atoms. The fourth-order valence-electron chi connectivity index (χ4n) is 1.18. The van der Waals surface area contributed by atoms with Crippen molar-refractivity contribution in [3.63, 3.8) is 0 Å². The van der Waals surface area contributed by atoms with Crippen LogP contribution in [0.5, 0.6) is 0 Å². The summed E-state index contributed by atoms with van der Waals surface area (Å²) in [5.41, 5.74) is 0. The Morgan fingerprint density at radius 1 is 1.00 bits per heavy atom. The number of rotatable bonds is 8. The first kappa shape index (κ1) is 14.1. The van der Waals surface area contributed by atoms with Crippen molar-refractivity contribution >= 4 is 7.60 Å². The van der Waals surface area contributed by atoms with E-state index in [0.717, 1.165) is 13.1 Å². The lowest BCUT2D eigenvalue weighted by Gasteiger charge is -2.24. The Balaban J connectivity index is 4.26. The Morgan fingerprint density at radius 3 is 1.71 bits per heavy atom. The zero-order valence-electron chi connectivity index (χ0n) is 9.65. The lowest BCUT2D eigenvalue weighted by Crippen LogP contribution is -2.25. The summed E-state index contributed by atoms with van der Waals surface area (Å²) in [6, 6.07) is 0. The highest BCUT2D eigenvalue weighted by atomic mass is 31.2. The molecule has 0 saturated carbocycles. The molecule has 0 aromatic rings. The van der Waals surface area contributed by atoms with Crippen molar-refractivity contribution in [2.75, 3.05) is 32.6 Å². The van der Waals surface area contributed by atoms with E-state index in [4.69, 9.17) is 9.05 Å². The third-order valence-corrected chi connectivity index (χ3v) is 3.97. The van der Waals surface area contributed by atoms with Crippen LogP contribution in [-0.2, 0) is 13.6 Å². The second kappa shape index (κ2) is 7.41. The van der Waals surface area contributed by atoms with E-state index in [-0.39, 0.29) is 0 Å². The van der Waals surface area contributed by atoms with Gasteiger partial charge in [0.2, 0.25) is 0 Å². The summed E-state index contributed by atoms with van der Waals surface area (Å²) in [5.74, 6) is 0. The molecule has 0 saturated heterocycles. The van der Waals surface area contributed by atoms with E-state index in [2.05, 4.69) is 0 Å². The van der Waals surface area contributed by atoms with E-state index in [1.54, 1.807) is 0 Å². The molecule has 0 amide bonds. The normalized spacial score (nSPS) is 12.4. The molecule has 0 aliphatic carbocycles. The minimum absolute atomic E-state index is 0.391. The van der Waals surface area contributed by atoms with Crippen molar-refractivity contribution in [3.05, 3.63) is 0 Å². The molecule has 0 radical (unpaired) electrons. The lowest BCUT2D eigenvalue weighted by atomic mass is 10.6. The van der Waals surface area contributed by atoms with Gasteiger partial charge >= 0.3 is 7.60 Å². The fraction of sp³-hybridized carbons (Fsp3) is 1.00. The minimum atomic E-state index is -2.88. The molecule has 4 nitrogen and oxygen atoms in total. The van der Waals surface area contributed by atoms with Crippen molar-refractivity contribution in [1.82, 2.24) is 4.90 Å². The Bertz CT molecular complexity index is 173. The molecule has 14 heavy (non-hydrogen) atoms. The molecule has 0 aromatic heterocycles. The summed E-state index contributed by atoms with van der Waals surface area (Å²) < 4.78 is 22.4. The molecule has 0 N–H and O–H groups in total. The van der Waals surface area contributed by atoms with E-state index >= 15 is 0 Å². The predicted molar refractivity (Wildman–Crippen MR) is 58.6 cm³/mol. The molecule has 5 heteroatoms. The predicted octanol–water partition coefficient (Wildman–Crippen LogP) is 2.55. The Labute approximate surface area is 87.1 Å². The summed E-state index contributed by atoms with van der Waals surface area (Å²) in [7, 11) is -2.88. The van der Waals surface area contributed by atoms with Gasteiger partial charge in [-0.1, -0.05) is 13.8 Å². The number of nitrogens with zero attached hydrogens (tertiary/aromatic N) is 1. The number of hydrogen-bond donors (Lipinski definition) is 0. The molecule has 0 spiro atoms. The maximum atomic E-state index is 12.1. The average molecular weight is 223 g/mol. The molecule has 0 aliphatic heterocycles. The summed E-state index contributed by atoms with van der Waals surface area (Å²) in [4.78, 5) is 2.05. The maximum Gasteiger partial charge on any atom is 0.344 e. The van der Waals surface area contributed by atoms with E-state index in [1.165, 1.54) is 0 Å². The van der Waals surface area contributed by atoms with Gasteiger partial charge in [-0.2, -0.15) is 0 Å². The van der Waals surface area contributed by atoms with Gasteiger partial charge in [0.25, 0.3) is 0 Å². The molecule has 0 aliphatic rings. The van der Waals surface area contributed by atoms with Gasteiger partial charge in [-0.15, -0.1) is 0 Å². The highest BCUT2D eigenvalue weighted by molar-refractivity contribution is 7.53. The van der Waals surface area contributed by atoms with Gasteiger partial charge in [-0.3, -0.25) is 9.46 Å². The van der Waals surface area contributed by atoms with Crippen LogP contribution < -0.4 is 0 Å². The molecule has 0 aromatic carbocycles. The van der Waals surface area contributed by atoms with Crippen molar-refractivity contribution in [2.24, 2.45) is 0 Å². The first-order valence-electron chi connectivity index (χ1n) is 5.22. The Morgan fingerprint density at radius 2 is 1.43 bits per heavy atom. The van der Waals surface area contributed by atoms with Gasteiger partial charge in [-0.05, 0) is 26.9 Å². The van der Waals surface area contributed by atoms with E-state index in [1.807, 2.05) is 32.6 Å². The van der Waals surface area contributed by atoms with Crippen LogP contribution in [0.4, 0.5) is 0 Å². The zero-order valence-corrected chi connectivity index (χ0v) is 10.5. The van der Waals surface area contributed by atoms with Crippen LogP contribution in [0.2, 0.25) is 0 Å². The number of hydrogen-bond acceptors (Lipinski definition) is 4. The third kappa shape index (κ3) is 5.11. The van der Waals surface area contributed by atoms with Gasteiger partial charge in [0, 0.05) is 0 Å². The smallest absolute Gasteiger partial charge is 0.308 e. The molecule has 0 atom stereocenters. The van der Waals surface area contributed by atoms with E-state index < -0.39 is 7.60 Å². The van der Waals surface area contributed by atoms with Crippen LogP contribution in [0, 0.1) is 0 Å². The topological polar surface area (TPSA) is 38.8 Å². The van der Waals surface area contributed by atoms with E-state index in [9.17, 15) is 4.57 Å². The van der Waals surface area contributed by atoms with Crippen molar-refractivity contribution in [3.8, 4) is 0 Å².